The van der Waals surface area contributed by atoms with E-state index in [1.165, 1.54) is 0 Å². The van der Waals surface area contributed by atoms with Crippen LogP contribution in [0.4, 0.5) is 23.7 Å². The van der Waals surface area contributed by atoms with Crippen molar-refractivity contribution in [2.24, 2.45) is 0 Å². The molecule has 0 aliphatic carbocycles. The Morgan fingerprint density at radius 3 is 2.14 bits per heavy atom. The molecule has 1 heterocycles. The van der Waals surface area contributed by atoms with Crippen LogP contribution in [0.1, 0.15) is 18.4 Å². The van der Waals surface area contributed by atoms with Crippen molar-refractivity contribution < 1.29 is 26.4 Å². The first kappa shape index (κ1) is 16.6. The molecule has 0 aromatic heterocycles. The molecule has 1 aliphatic heterocycles. The first-order chi connectivity index (χ1) is 10.2. The topological polar surface area (TPSA) is 75.3 Å². The largest absolute Gasteiger partial charge is 0.416 e. The summed E-state index contributed by atoms with van der Waals surface area (Å²) in [7, 11) is -3.01. The standard InChI is InChI=1S/C13H15F3N2O3S/c14-13(15,16)9-1-3-10(4-2-9)17-12(19)18-11-5-7-22(20,21)8-6-11/h1-4,11H,5-8H2,(H2,17,18,19). The molecule has 1 fully saturated rings. The summed E-state index contributed by atoms with van der Waals surface area (Å²) in [6.07, 6.45) is -3.75. The number of amides is 2. The average Bonchev–Trinajstić information content (AvgIpc) is 2.41. The lowest BCUT2D eigenvalue weighted by molar-refractivity contribution is -0.137. The highest BCUT2D eigenvalue weighted by atomic mass is 32.2. The van der Waals surface area contributed by atoms with Crippen LogP contribution < -0.4 is 10.6 Å². The van der Waals surface area contributed by atoms with Crippen molar-refractivity contribution in [3.63, 3.8) is 0 Å². The highest BCUT2D eigenvalue weighted by Crippen LogP contribution is 2.29. The highest BCUT2D eigenvalue weighted by molar-refractivity contribution is 7.91. The molecule has 1 aromatic carbocycles. The van der Waals surface area contributed by atoms with Gasteiger partial charge in [0.05, 0.1) is 17.1 Å². The normalized spacial score (nSPS) is 18.7. The van der Waals surface area contributed by atoms with Crippen LogP contribution in [-0.4, -0.2) is 32.0 Å². The number of sulfone groups is 1. The van der Waals surface area contributed by atoms with Crippen molar-refractivity contribution in [2.45, 2.75) is 25.1 Å². The molecule has 9 heteroatoms. The zero-order chi connectivity index (χ0) is 16.4. The van der Waals surface area contributed by atoms with E-state index in [-0.39, 0.29) is 23.2 Å². The van der Waals surface area contributed by atoms with Gasteiger partial charge >= 0.3 is 12.2 Å². The number of carbonyl (C=O) groups is 1. The second kappa shape index (κ2) is 6.15. The third-order valence-corrected chi connectivity index (χ3v) is 5.08. The van der Waals surface area contributed by atoms with Crippen LogP contribution in [0, 0.1) is 0 Å². The van der Waals surface area contributed by atoms with Gasteiger partial charge in [0.15, 0.2) is 0 Å². The van der Waals surface area contributed by atoms with Crippen LogP contribution in [0.2, 0.25) is 0 Å². The molecule has 0 atom stereocenters. The fraction of sp³-hybridized carbons (Fsp3) is 0.462. The minimum atomic E-state index is -4.42. The van der Waals surface area contributed by atoms with E-state index >= 15 is 0 Å². The number of hydrogen-bond acceptors (Lipinski definition) is 3. The lowest BCUT2D eigenvalue weighted by atomic mass is 10.1. The van der Waals surface area contributed by atoms with Crippen molar-refractivity contribution >= 4 is 21.6 Å². The highest BCUT2D eigenvalue weighted by Gasteiger charge is 2.30. The smallest absolute Gasteiger partial charge is 0.335 e. The quantitative estimate of drug-likeness (QED) is 0.871. The van der Waals surface area contributed by atoms with Crippen LogP contribution in [0.25, 0.3) is 0 Å². The Bertz CT molecular complexity index is 627. The van der Waals surface area contributed by atoms with Gasteiger partial charge in [-0.05, 0) is 37.1 Å². The number of benzene rings is 1. The Labute approximate surface area is 125 Å². The molecule has 0 bridgehead atoms. The molecule has 2 amide bonds. The Kier molecular flexibility index (Phi) is 4.64. The maximum absolute atomic E-state index is 12.4. The van der Waals surface area contributed by atoms with E-state index in [9.17, 15) is 26.4 Å². The minimum Gasteiger partial charge on any atom is -0.335 e. The average molecular weight is 336 g/mol. The van der Waals surface area contributed by atoms with Gasteiger partial charge in [-0.25, -0.2) is 13.2 Å². The molecule has 0 radical (unpaired) electrons. The molecule has 1 saturated heterocycles. The first-order valence-corrected chi connectivity index (χ1v) is 8.43. The number of halogens is 3. The fourth-order valence-corrected chi connectivity index (χ4v) is 3.62. The molecule has 0 spiro atoms. The molecule has 1 aliphatic rings. The predicted molar refractivity (Wildman–Crippen MR) is 75.3 cm³/mol. The Morgan fingerprint density at radius 1 is 1.09 bits per heavy atom. The molecule has 0 unspecified atom stereocenters. The lowest BCUT2D eigenvalue weighted by Crippen LogP contribution is -2.42. The molecule has 1 aromatic rings. The number of nitrogens with one attached hydrogen (secondary N) is 2. The Hall–Kier alpha value is -1.77. The number of alkyl halides is 3. The summed E-state index contributed by atoms with van der Waals surface area (Å²) in [6.45, 7) is 0. The number of carbonyl (C=O) groups excluding carboxylic acids is 1. The van der Waals surface area contributed by atoms with Crippen molar-refractivity contribution in [2.75, 3.05) is 16.8 Å². The SMILES string of the molecule is O=C(Nc1ccc(C(F)(F)F)cc1)NC1CCS(=O)(=O)CC1. The summed E-state index contributed by atoms with van der Waals surface area (Å²) in [5.74, 6) is 0.0520. The van der Waals surface area contributed by atoms with Crippen LogP contribution >= 0.6 is 0 Å². The summed E-state index contributed by atoms with van der Waals surface area (Å²) in [5.41, 5.74) is -0.565. The van der Waals surface area contributed by atoms with E-state index in [4.69, 9.17) is 0 Å². The summed E-state index contributed by atoms with van der Waals surface area (Å²) in [4.78, 5) is 11.7. The van der Waals surface area contributed by atoms with Gasteiger partial charge in [0.25, 0.3) is 0 Å². The molecule has 5 nitrogen and oxygen atoms in total. The first-order valence-electron chi connectivity index (χ1n) is 6.61. The van der Waals surface area contributed by atoms with Gasteiger partial charge in [-0.15, -0.1) is 0 Å². The second-order valence-corrected chi connectivity index (χ2v) is 7.40. The fourth-order valence-electron chi connectivity index (χ4n) is 2.13. The van der Waals surface area contributed by atoms with Gasteiger partial charge in [-0.2, -0.15) is 13.2 Å². The predicted octanol–water partition coefficient (Wildman–Crippen LogP) is 2.40. The number of urea groups is 1. The summed E-state index contributed by atoms with van der Waals surface area (Å²) in [6, 6.07) is 3.26. The lowest BCUT2D eigenvalue weighted by Gasteiger charge is -2.23. The number of anilines is 1. The van der Waals surface area contributed by atoms with Crippen LogP contribution in [0.15, 0.2) is 24.3 Å². The van der Waals surface area contributed by atoms with Crippen LogP contribution in [-0.2, 0) is 16.0 Å². The van der Waals surface area contributed by atoms with E-state index in [0.29, 0.717) is 12.8 Å². The Balaban J connectivity index is 1.87. The third kappa shape index (κ3) is 4.62. The van der Waals surface area contributed by atoms with Gasteiger partial charge in [-0.1, -0.05) is 0 Å². The van der Waals surface area contributed by atoms with E-state index in [1.54, 1.807) is 0 Å². The molecule has 2 rings (SSSR count). The molecule has 0 saturated carbocycles. The molecular formula is C13H15F3N2O3S. The summed E-state index contributed by atoms with van der Waals surface area (Å²) < 4.78 is 59.7. The summed E-state index contributed by atoms with van der Waals surface area (Å²) >= 11 is 0. The van der Waals surface area contributed by atoms with E-state index in [1.807, 2.05) is 0 Å². The number of hydrogen-bond donors (Lipinski definition) is 2. The van der Waals surface area contributed by atoms with Crippen LogP contribution in [0.3, 0.4) is 0 Å². The maximum atomic E-state index is 12.4. The second-order valence-electron chi connectivity index (χ2n) is 5.10. The number of rotatable bonds is 2. The summed E-state index contributed by atoms with van der Waals surface area (Å²) in [5, 5.41) is 5.04. The molecule has 122 valence electrons. The van der Waals surface area contributed by atoms with E-state index < -0.39 is 27.6 Å². The van der Waals surface area contributed by atoms with Gasteiger partial charge in [0.2, 0.25) is 0 Å². The maximum Gasteiger partial charge on any atom is 0.416 e. The van der Waals surface area contributed by atoms with E-state index in [2.05, 4.69) is 10.6 Å². The third-order valence-electron chi connectivity index (χ3n) is 3.36. The van der Waals surface area contributed by atoms with Crippen molar-refractivity contribution in [1.29, 1.82) is 0 Å². The molecular weight excluding hydrogens is 321 g/mol. The Morgan fingerprint density at radius 2 is 1.64 bits per heavy atom. The van der Waals surface area contributed by atoms with Gasteiger partial charge < -0.3 is 10.6 Å². The minimum absolute atomic E-state index is 0.0260. The monoisotopic (exact) mass is 336 g/mol. The molecule has 2 N–H and O–H groups in total. The van der Waals surface area contributed by atoms with E-state index in [0.717, 1.165) is 24.3 Å². The van der Waals surface area contributed by atoms with Crippen molar-refractivity contribution in [1.82, 2.24) is 5.32 Å². The van der Waals surface area contributed by atoms with Crippen molar-refractivity contribution in [3.05, 3.63) is 29.8 Å². The zero-order valence-electron chi connectivity index (χ0n) is 11.5. The molecule has 22 heavy (non-hydrogen) atoms. The van der Waals surface area contributed by atoms with Gasteiger partial charge in [0, 0.05) is 11.7 Å². The van der Waals surface area contributed by atoms with Crippen LogP contribution in [0.5, 0.6) is 0 Å². The van der Waals surface area contributed by atoms with Crippen molar-refractivity contribution in [3.8, 4) is 0 Å². The van der Waals surface area contributed by atoms with Gasteiger partial charge in [0.1, 0.15) is 9.84 Å². The van der Waals surface area contributed by atoms with Gasteiger partial charge in [-0.3, -0.25) is 0 Å². The zero-order valence-corrected chi connectivity index (χ0v) is 12.3.